The molecule has 4 heteroatoms. The third kappa shape index (κ3) is 3.51. The van der Waals surface area contributed by atoms with E-state index in [0.717, 1.165) is 17.0 Å². The molecule has 0 spiro atoms. The van der Waals surface area contributed by atoms with E-state index in [0.29, 0.717) is 13.2 Å². The van der Waals surface area contributed by atoms with Gasteiger partial charge in [0.05, 0.1) is 12.6 Å². The summed E-state index contributed by atoms with van der Waals surface area (Å²) >= 11 is 0. The molecule has 0 saturated carbocycles. The third-order valence-electron chi connectivity index (χ3n) is 2.88. The highest BCUT2D eigenvalue weighted by molar-refractivity contribution is 5.86. The molecule has 0 atom stereocenters. The van der Waals surface area contributed by atoms with E-state index in [9.17, 15) is 9.90 Å². The van der Waals surface area contributed by atoms with E-state index in [1.54, 1.807) is 12.1 Å². The van der Waals surface area contributed by atoms with Gasteiger partial charge >= 0.3 is 0 Å². The van der Waals surface area contributed by atoms with Crippen LogP contribution in [0.2, 0.25) is 0 Å². The molecule has 2 aromatic carbocycles. The second kappa shape index (κ2) is 6.61. The second-order valence-corrected chi connectivity index (χ2v) is 4.26. The maximum absolute atomic E-state index is 10.7. The maximum atomic E-state index is 10.7. The number of rotatable bonds is 6. The van der Waals surface area contributed by atoms with Gasteiger partial charge in [-0.25, -0.2) is 0 Å². The van der Waals surface area contributed by atoms with Gasteiger partial charge in [-0.3, -0.25) is 0 Å². The van der Waals surface area contributed by atoms with Gasteiger partial charge in [-0.05, 0) is 30.7 Å². The Kier molecular flexibility index (Phi) is 4.60. The van der Waals surface area contributed by atoms with Crippen molar-refractivity contribution in [1.82, 2.24) is 0 Å². The SMILES string of the molecule is CCOc1ccccc1CNc1ccc(C(=O)[O-])cc1. The molecular formula is C16H16NO3-. The number of hydrogen-bond donors (Lipinski definition) is 1. The summed E-state index contributed by atoms with van der Waals surface area (Å²) in [6, 6.07) is 14.3. The number of hydrogen-bond acceptors (Lipinski definition) is 4. The normalized spacial score (nSPS) is 10.1. The summed E-state index contributed by atoms with van der Waals surface area (Å²) in [4.78, 5) is 10.7. The molecule has 20 heavy (non-hydrogen) atoms. The molecule has 0 aliphatic rings. The molecule has 0 fully saturated rings. The largest absolute Gasteiger partial charge is 0.545 e. The summed E-state index contributed by atoms with van der Waals surface area (Å²) in [5, 5.41) is 13.9. The second-order valence-electron chi connectivity index (χ2n) is 4.26. The Bertz CT molecular complexity index is 579. The van der Waals surface area contributed by atoms with Crippen molar-refractivity contribution in [2.75, 3.05) is 11.9 Å². The quantitative estimate of drug-likeness (QED) is 0.872. The number of anilines is 1. The number of aromatic carboxylic acids is 1. The minimum absolute atomic E-state index is 0.172. The molecule has 1 N–H and O–H groups in total. The Morgan fingerprint density at radius 2 is 1.85 bits per heavy atom. The van der Waals surface area contributed by atoms with Gasteiger partial charge in [0.15, 0.2) is 0 Å². The van der Waals surface area contributed by atoms with Crippen LogP contribution in [0, 0.1) is 0 Å². The Hall–Kier alpha value is -2.49. The zero-order valence-electron chi connectivity index (χ0n) is 11.3. The number of para-hydroxylation sites is 1. The fourth-order valence-corrected chi connectivity index (χ4v) is 1.87. The van der Waals surface area contributed by atoms with Crippen LogP contribution in [0.25, 0.3) is 0 Å². The van der Waals surface area contributed by atoms with E-state index in [2.05, 4.69) is 5.32 Å². The van der Waals surface area contributed by atoms with E-state index >= 15 is 0 Å². The number of carbonyl (C=O) groups excluding carboxylic acids is 1. The van der Waals surface area contributed by atoms with Crippen LogP contribution in [0.15, 0.2) is 48.5 Å². The minimum Gasteiger partial charge on any atom is -0.545 e. The van der Waals surface area contributed by atoms with Crippen molar-refractivity contribution < 1.29 is 14.6 Å². The van der Waals surface area contributed by atoms with E-state index in [4.69, 9.17) is 4.74 Å². The van der Waals surface area contributed by atoms with Crippen molar-refractivity contribution in [3.63, 3.8) is 0 Å². The van der Waals surface area contributed by atoms with Gasteiger partial charge in [-0.1, -0.05) is 30.3 Å². The third-order valence-corrected chi connectivity index (χ3v) is 2.88. The molecule has 0 radical (unpaired) electrons. The topological polar surface area (TPSA) is 61.4 Å². The molecule has 0 bridgehead atoms. The maximum Gasteiger partial charge on any atom is 0.124 e. The fraction of sp³-hybridized carbons (Fsp3) is 0.188. The van der Waals surface area contributed by atoms with Crippen molar-refractivity contribution >= 4 is 11.7 Å². The predicted molar refractivity (Wildman–Crippen MR) is 75.7 cm³/mol. The van der Waals surface area contributed by atoms with Gasteiger partial charge in [0.1, 0.15) is 5.75 Å². The number of nitrogens with one attached hydrogen (secondary N) is 1. The molecule has 2 aromatic rings. The molecule has 0 unspecified atom stereocenters. The highest BCUT2D eigenvalue weighted by Gasteiger charge is 2.02. The number of carboxylic acid groups (broad SMARTS) is 1. The van der Waals surface area contributed by atoms with Crippen LogP contribution in [-0.4, -0.2) is 12.6 Å². The Balaban J connectivity index is 2.03. The lowest BCUT2D eigenvalue weighted by Crippen LogP contribution is -2.21. The molecule has 0 heterocycles. The summed E-state index contributed by atoms with van der Waals surface area (Å²) in [5.41, 5.74) is 2.07. The van der Waals surface area contributed by atoms with E-state index in [1.807, 2.05) is 31.2 Å². The van der Waals surface area contributed by atoms with E-state index < -0.39 is 5.97 Å². The number of ether oxygens (including phenoxy) is 1. The van der Waals surface area contributed by atoms with Crippen LogP contribution in [0.3, 0.4) is 0 Å². The van der Waals surface area contributed by atoms with Crippen LogP contribution < -0.4 is 15.2 Å². The minimum atomic E-state index is -1.17. The Morgan fingerprint density at radius 1 is 1.15 bits per heavy atom. The lowest BCUT2D eigenvalue weighted by atomic mass is 10.1. The fourth-order valence-electron chi connectivity index (χ4n) is 1.87. The van der Waals surface area contributed by atoms with Crippen molar-refractivity contribution in [2.45, 2.75) is 13.5 Å². The van der Waals surface area contributed by atoms with Crippen LogP contribution in [0.1, 0.15) is 22.8 Å². The van der Waals surface area contributed by atoms with Gasteiger partial charge in [0.25, 0.3) is 0 Å². The summed E-state index contributed by atoms with van der Waals surface area (Å²) in [7, 11) is 0. The van der Waals surface area contributed by atoms with E-state index in [-0.39, 0.29) is 5.56 Å². The average Bonchev–Trinajstić information content (AvgIpc) is 2.47. The number of benzene rings is 2. The van der Waals surface area contributed by atoms with Gasteiger partial charge < -0.3 is 20.0 Å². The lowest BCUT2D eigenvalue weighted by Gasteiger charge is -2.12. The molecule has 104 valence electrons. The van der Waals surface area contributed by atoms with Gasteiger partial charge in [-0.2, -0.15) is 0 Å². The highest BCUT2D eigenvalue weighted by Crippen LogP contribution is 2.19. The van der Waals surface area contributed by atoms with Crippen LogP contribution in [0.5, 0.6) is 5.75 Å². The van der Waals surface area contributed by atoms with Gasteiger partial charge in [0.2, 0.25) is 0 Å². The molecule has 0 amide bonds. The summed E-state index contributed by atoms with van der Waals surface area (Å²) < 4.78 is 5.55. The van der Waals surface area contributed by atoms with Gasteiger partial charge in [-0.15, -0.1) is 0 Å². The summed E-state index contributed by atoms with van der Waals surface area (Å²) in [5.74, 6) is -0.313. The number of carboxylic acids is 1. The van der Waals surface area contributed by atoms with Crippen molar-refractivity contribution in [2.24, 2.45) is 0 Å². The van der Waals surface area contributed by atoms with Crippen LogP contribution in [-0.2, 0) is 6.54 Å². The Morgan fingerprint density at radius 3 is 2.50 bits per heavy atom. The molecule has 0 aromatic heterocycles. The van der Waals surface area contributed by atoms with Crippen LogP contribution in [0.4, 0.5) is 5.69 Å². The number of carbonyl (C=O) groups is 1. The van der Waals surface area contributed by atoms with Crippen molar-refractivity contribution in [3.8, 4) is 5.75 Å². The molecule has 0 aliphatic carbocycles. The smallest absolute Gasteiger partial charge is 0.124 e. The zero-order valence-corrected chi connectivity index (χ0v) is 11.3. The first-order chi connectivity index (χ1) is 9.70. The average molecular weight is 270 g/mol. The van der Waals surface area contributed by atoms with Crippen molar-refractivity contribution in [1.29, 1.82) is 0 Å². The molecule has 0 saturated heterocycles. The molecular weight excluding hydrogens is 254 g/mol. The van der Waals surface area contributed by atoms with E-state index in [1.165, 1.54) is 12.1 Å². The first kappa shape index (κ1) is 13.9. The first-order valence-corrected chi connectivity index (χ1v) is 6.46. The van der Waals surface area contributed by atoms with Crippen molar-refractivity contribution in [3.05, 3.63) is 59.7 Å². The summed E-state index contributed by atoms with van der Waals surface area (Å²) in [6.45, 7) is 3.18. The molecule has 0 aliphatic heterocycles. The van der Waals surface area contributed by atoms with Crippen LogP contribution >= 0.6 is 0 Å². The predicted octanol–water partition coefficient (Wildman–Crippen LogP) is 2.06. The highest BCUT2D eigenvalue weighted by atomic mass is 16.5. The van der Waals surface area contributed by atoms with Gasteiger partial charge in [0, 0.05) is 17.8 Å². The molecule has 4 nitrogen and oxygen atoms in total. The Labute approximate surface area is 118 Å². The standard InChI is InChI=1S/C16H17NO3/c1-2-20-15-6-4-3-5-13(15)11-17-14-9-7-12(8-10-14)16(18)19/h3-10,17H,2,11H2,1H3,(H,18,19)/p-1. The summed E-state index contributed by atoms with van der Waals surface area (Å²) in [6.07, 6.45) is 0. The lowest BCUT2D eigenvalue weighted by molar-refractivity contribution is -0.255. The first-order valence-electron chi connectivity index (χ1n) is 6.46. The molecule has 2 rings (SSSR count). The zero-order chi connectivity index (χ0) is 14.4. The monoisotopic (exact) mass is 270 g/mol.